The average molecular weight is 495 g/mol. The molecular formula is C24H19ClN4O4S. The summed E-state index contributed by atoms with van der Waals surface area (Å²) in [5.74, 6) is -0.900. The predicted molar refractivity (Wildman–Crippen MR) is 129 cm³/mol. The molecule has 0 saturated carbocycles. The van der Waals surface area contributed by atoms with Crippen LogP contribution in [0.4, 0.5) is 5.00 Å². The van der Waals surface area contributed by atoms with Crippen molar-refractivity contribution in [2.75, 3.05) is 5.32 Å². The van der Waals surface area contributed by atoms with Crippen molar-refractivity contribution in [1.82, 2.24) is 14.4 Å². The minimum Gasteiger partial charge on any atom is -0.455 e. The molecule has 4 aromatic heterocycles. The lowest BCUT2D eigenvalue weighted by Gasteiger charge is -2.13. The minimum atomic E-state index is -0.556. The first kappa shape index (κ1) is 22.2. The van der Waals surface area contributed by atoms with E-state index < -0.39 is 5.97 Å². The van der Waals surface area contributed by atoms with E-state index in [1.165, 1.54) is 34.2 Å². The maximum absolute atomic E-state index is 13.2. The van der Waals surface area contributed by atoms with Crippen LogP contribution in [0, 0.1) is 0 Å². The molecule has 1 aliphatic carbocycles. The van der Waals surface area contributed by atoms with Gasteiger partial charge in [0.2, 0.25) is 0 Å². The molecule has 1 amide bonds. The Labute approximate surface area is 203 Å². The monoisotopic (exact) mass is 494 g/mol. The van der Waals surface area contributed by atoms with E-state index in [4.69, 9.17) is 16.3 Å². The fraction of sp³-hybridized carbons (Fsp3) is 0.208. The molecule has 0 aromatic carbocycles. The fourth-order valence-electron chi connectivity index (χ4n) is 3.95. The normalized spacial score (nSPS) is 12.9. The molecule has 0 bridgehead atoms. The number of nitrogens with one attached hydrogen (secondary N) is 1. The van der Waals surface area contributed by atoms with E-state index >= 15 is 0 Å². The molecule has 8 nitrogen and oxygen atoms in total. The third-order valence-electron chi connectivity index (χ3n) is 5.55. The summed E-state index contributed by atoms with van der Waals surface area (Å²) in [5.41, 5.74) is 2.10. The highest BCUT2D eigenvalue weighted by molar-refractivity contribution is 7.17. The number of amides is 1. The Morgan fingerprint density at radius 2 is 2.06 bits per heavy atom. The van der Waals surface area contributed by atoms with Crippen LogP contribution in [0.15, 0.2) is 53.7 Å². The topological polar surface area (TPSA) is 103 Å². The first-order valence-corrected chi connectivity index (χ1v) is 11.9. The Morgan fingerprint density at radius 1 is 1.21 bits per heavy atom. The number of rotatable bonds is 5. The summed E-state index contributed by atoms with van der Waals surface area (Å²) in [4.78, 5) is 47.7. The highest BCUT2D eigenvalue weighted by atomic mass is 35.5. The van der Waals surface area contributed by atoms with Crippen molar-refractivity contribution in [3.8, 4) is 0 Å². The number of nitrogens with zero attached hydrogens (tertiary/aromatic N) is 3. The summed E-state index contributed by atoms with van der Waals surface area (Å²) in [5, 5.41) is 3.74. The molecule has 10 heteroatoms. The second kappa shape index (κ2) is 9.36. The Kier molecular flexibility index (Phi) is 6.12. The molecule has 34 heavy (non-hydrogen) atoms. The molecule has 4 heterocycles. The van der Waals surface area contributed by atoms with E-state index in [1.807, 2.05) is 0 Å². The first-order valence-electron chi connectivity index (χ1n) is 10.7. The highest BCUT2D eigenvalue weighted by Crippen LogP contribution is 2.39. The van der Waals surface area contributed by atoms with Crippen LogP contribution in [0.3, 0.4) is 0 Å². The summed E-state index contributed by atoms with van der Waals surface area (Å²) in [6.45, 7) is -0.173. The number of pyridine rings is 2. The summed E-state index contributed by atoms with van der Waals surface area (Å²) >= 11 is 7.35. The highest BCUT2D eigenvalue weighted by Gasteiger charge is 2.28. The van der Waals surface area contributed by atoms with E-state index in [0.717, 1.165) is 36.1 Å². The number of aromatic nitrogens is 3. The van der Waals surface area contributed by atoms with E-state index in [9.17, 15) is 14.4 Å². The van der Waals surface area contributed by atoms with Gasteiger partial charge < -0.3 is 10.1 Å². The number of hydrogen-bond donors (Lipinski definition) is 1. The van der Waals surface area contributed by atoms with Gasteiger partial charge in [-0.05, 0) is 55.5 Å². The van der Waals surface area contributed by atoms with Gasteiger partial charge in [0, 0.05) is 29.5 Å². The van der Waals surface area contributed by atoms with Crippen molar-refractivity contribution in [3.63, 3.8) is 0 Å². The van der Waals surface area contributed by atoms with Gasteiger partial charge in [-0.15, -0.1) is 11.3 Å². The predicted octanol–water partition coefficient (Wildman–Crippen LogP) is 4.29. The van der Waals surface area contributed by atoms with Crippen LogP contribution in [0.1, 0.15) is 49.7 Å². The van der Waals surface area contributed by atoms with Crippen molar-refractivity contribution >= 4 is 45.5 Å². The van der Waals surface area contributed by atoms with Gasteiger partial charge in [-0.3, -0.25) is 19.0 Å². The summed E-state index contributed by atoms with van der Waals surface area (Å²) in [6, 6.07) is 7.90. The lowest BCUT2D eigenvalue weighted by molar-refractivity contribution is 0.0468. The van der Waals surface area contributed by atoms with Crippen molar-refractivity contribution in [1.29, 1.82) is 0 Å². The van der Waals surface area contributed by atoms with Gasteiger partial charge in [0.15, 0.2) is 0 Å². The van der Waals surface area contributed by atoms with Crippen LogP contribution in [0.5, 0.6) is 0 Å². The molecule has 0 spiro atoms. The number of thiophene rings is 1. The number of carbonyl (C=O) groups is 2. The molecule has 0 aliphatic heterocycles. The smallest absolute Gasteiger partial charge is 0.341 e. The van der Waals surface area contributed by atoms with Gasteiger partial charge in [-0.25, -0.2) is 9.78 Å². The lowest BCUT2D eigenvalue weighted by atomic mass is 9.95. The van der Waals surface area contributed by atoms with Gasteiger partial charge in [0.1, 0.15) is 17.3 Å². The maximum Gasteiger partial charge on any atom is 0.341 e. The third-order valence-corrected chi connectivity index (χ3v) is 6.98. The molecule has 0 radical (unpaired) electrons. The number of hydrogen-bond acceptors (Lipinski definition) is 7. The van der Waals surface area contributed by atoms with Gasteiger partial charge in [0.05, 0.1) is 21.8 Å². The largest absolute Gasteiger partial charge is 0.455 e. The Morgan fingerprint density at radius 3 is 2.88 bits per heavy atom. The van der Waals surface area contributed by atoms with Crippen molar-refractivity contribution in [3.05, 3.63) is 91.6 Å². The Balaban J connectivity index is 1.40. The summed E-state index contributed by atoms with van der Waals surface area (Å²) in [7, 11) is 0. The zero-order valence-corrected chi connectivity index (χ0v) is 19.5. The molecule has 0 atom stereocenters. The SMILES string of the molecule is O=C(Nc1sc2c(c1C(=O)OCc1cc(=O)n3cc(Cl)ccc3n1)CCCC2)c1cccnc1. The van der Waals surface area contributed by atoms with E-state index in [-0.39, 0.29) is 18.1 Å². The number of fused-ring (bicyclic) bond motifs is 2. The van der Waals surface area contributed by atoms with Crippen LogP contribution in [0.25, 0.3) is 5.65 Å². The number of aryl methyl sites for hydroxylation is 1. The van der Waals surface area contributed by atoms with Crippen molar-refractivity contribution in [2.45, 2.75) is 32.3 Å². The van der Waals surface area contributed by atoms with Gasteiger partial charge in [-0.1, -0.05) is 11.6 Å². The van der Waals surface area contributed by atoms with Crippen LogP contribution in [-0.4, -0.2) is 26.2 Å². The van der Waals surface area contributed by atoms with E-state index in [0.29, 0.717) is 32.5 Å². The molecule has 1 N–H and O–H groups in total. The van der Waals surface area contributed by atoms with E-state index in [1.54, 1.807) is 30.5 Å². The van der Waals surface area contributed by atoms with Crippen LogP contribution >= 0.6 is 22.9 Å². The van der Waals surface area contributed by atoms with Crippen LogP contribution in [0.2, 0.25) is 5.02 Å². The Hall–Kier alpha value is -3.56. The fourth-order valence-corrected chi connectivity index (χ4v) is 5.39. The minimum absolute atomic E-state index is 0.173. The standard InChI is InChI=1S/C24H19ClN4O4S/c25-15-7-8-19-27-16(10-20(30)29(19)12-15)13-33-24(32)21-17-5-1-2-6-18(17)34-23(21)28-22(31)14-4-3-9-26-11-14/h3-4,7-12H,1-2,5-6,13H2,(H,28,31). The molecule has 172 valence electrons. The van der Waals surface area contributed by atoms with Gasteiger partial charge in [-0.2, -0.15) is 0 Å². The zero-order chi connectivity index (χ0) is 23.7. The quantitative estimate of drug-likeness (QED) is 0.415. The van der Waals surface area contributed by atoms with Crippen LogP contribution in [-0.2, 0) is 24.2 Å². The second-order valence-corrected chi connectivity index (χ2v) is 9.39. The number of carbonyl (C=O) groups excluding carboxylic acids is 2. The molecule has 1 aliphatic rings. The molecular weight excluding hydrogens is 476 g/mol. The van der Waals surface area contributed by atoms with Crippen molar-refractivity contribution < 1.29 is 14.3 Å². The molecule has 5 rings (SSSR count). The number of halogens is 1. The molecule has 0 fully saturated rings. The summed E-state index contributed by atoms with van der Waals surface area (Å²) < 4.78 is 6.89. The van der Waals surface area contributed by atoms with Gasteiger partial charge in [0.25, 0.3) is 11.5 Å². The van der Waals surface area contributed by atoms with E-state index in [2.05, 4.69) is 15.3 Å². The average Bonchev–Trinajstić information content (AvgIpc) is 3.21. The zero-order valence-electron chi connectivity index (χ0n) is 17.9. The van der Waals surface area contributed by atoms with Gasteiger partial charge >= 0.3 is 5.97 Å². The molecule has 0 unspecified atom stereocenters. The molecule has 0 saturated heterocycles. The van der Waals surface area contributed by atoms with Crippen LogP contribution < -0.4 is 10.9 Å². The Bertz CT molecular complexity index is 1470. The van der Waals surface area contributed by atoms with Crippen molar-refractivity contribution in [2.24, 2.45) is 0 Å². The first-order chi connectivity index (χ1) is 16.5. The number of esters is 1. The third kappa shape index (κ3) is 4.44. The molecule has 4 aromatic rings. The lowest BCUT2D eigenvalue weighted by Crippen LogP contribution is -2.18. The number of anilines is 1. The second-order valence-electron chi connectivity index (χ2n) is 7.85. The number of ether oxygens (including phenoxy) is 1. The summed E-state index contributed by atoms with van der Waals surface area (Å²) in [6.07, 6.45) is 8.14. The maximum atomic E-state index is 13.2.